The summed E-state index contributed by atoms with van der Waals surface area (Å²) in [4.78, 5) is 25.6. The van der Waals surface area contributed by atoms with Gasteiger partial charge in [-0.3, -0.25) is 19.7 Å². The summed E-state index contributed by atoms with van der Waals surface area (Å²) in [6.45, 7) is 2.01. The number of hydrogen-bond donors (Lipinski definition) is 1. The lowest BCUT2D eigenvalue weighted by molar-refractivity contribution is -0.184. The van der Waals surface area contributed by atoms with E-state index in [9.17, 15) is 9.90 Å². The molecule has 2 saturated heterocycles. The Hall–Kier alpha value is -3.09. The fourth-order valence-corrected chi connectivity index (χ4v) is 5.12. The van der Waals surface area contributed by atoms with Crippen molar-refractivity contribution in [1.82, 2.24) is 19.8 Å². The van der Waals surface area contributed by atoms with Gasteiger partial charge in [-0.1, -0.05) is 36.4 Å². The van der Waals surface area contributed by atoms with E-state index in [-0.39, 0.29) is 30.0 Å². The predicted octanol–water partition coefficient (Wildman–Crippen LogP) is 2.33. The number of carbonyl (C=O) groups excluding carboxylic acids is 1. The number of nitrogens with zero attached hydrogens (tertiary/aromatic N) is 4. The lowest BCUT2D eigenvalue weighted by atomic mass is 9.60. The van der Waals surface area contributed by atoms with Gasteiger partial charge in [0.1, 0.15) is 0 Å². The zero-order valence-corrected chi connectivity index (χ0v) is 16.6. The Balaban J connectivity index is 1.43. The first kappa shape index (κ1) is 18.9. The van der Waals surface area contributed by atoms with Gasteiger partial charge in [0.05, 0.1) is 17.8 Å². The second-order valence-electron chi connectivity index (χ2n) is 8.09. The second kappa shape index (κ2) is 7.63. The van der Waals surface area contributed by atoms with Crippen LogP contribution in [0.5, 0.6) is 0 Å². The van der Waals surface area contributed by atoms with Gasteiger partial charge in [-0.2, -0.15) is 0 Å². The normalized spacial score (nSPS) is 22.4. The summed E-state index contributed by atoms with van der Waals surface area (Å²) in [5.41, 5.74) is 2.66. The first-order chi connectivity index (χ1) is 14.7. The summed E-state index contributed by atoms with van der Waals surface area (Å²) in [7, 11) is 0. The number of carbonyl (C=O) groups is 1. The number of aliphatic hydroxyl groups excluding tert-OH is 1. The van der Waals surface area contributed by atoms with Gasteiger partial charge in [0.25, 0.3) is 5.91 Å². The van der Waals surface area contributed by atoms with E-state index in [1.165, 1.54) is 5.56 Å². The van der Waals surface area contributed by atoms with Gasteiger partial charge in [0, 0.05) is 55.7 Å². The minimum absolute atomic E-state index is 0.00702. The highest BCUT2D eigenvalue weighted by molar-refractivity contribution is 5.95. The van der Waals surface area contributed by atoms with Gasteiger partial charge in [0.15, 0.2) is 0 Å². The molecule has 2 atom stereocenters. The standard InChI is InChI=1S/C24H24N4O2/c29-15-21-22(18-6-2-1-3-7-18)24(28(21)14-20-8-4-5-11-26-20)16-27(17-24)23(30)19-9-12-25-13-10-19/h1-13,21-22,29H,14-17H2/t21-,22+/m0/s1. The van der Waals surface area contributed by atoms with Crippen LogP contribution >= 0.6 is 0 Å². The third-order valence-corrected chi connectivity index (χ3v) is 6.48. The monoisotopic (exact) mass is 400 g/mol. The van der Waals surface area contributed by atoms with Crippen LogP contribution < -0.4 is 0 Å². The number of benzene rings is 1. The number of likely N-dealkylation sites (tertiary alicyclic amines) is 2. The van der Waals surface area contributed by atoms with E-state index in [0.29, 0.717) is 25.2 Å². The van der Waals surface area contributed by atoms with Crippen LogP contribution in [-0.2, 0) is 6.54 Å². The summed E-state index contributed by atoms with van der Waals surface area (Å²) in [6.07, 6.45) is 5.09. The van der Waals surface area contributed by atoms with E-state index in [1.54, 1.807) is 30.7 Å². The Bertz CT molecular complexity index is 1010. The van der Waals surface area contributed by atoms with Crippen LogP contribution in [0.1, 0.15) is 27.5 Å². The number of rotatable bonds is 5. The fourth-order valence-electron chi connectivity index (χ4n) is 5.12. The van der Waals surface area contributed by atoms with Crippen LogP contribution in [0.4, 0.5) is 0 Å². The molecule has 5 rings (SSSR count). The molecule has 0 bridgehead atoms. The maximum Gasteiger partial charge on any atom is 0.254 e. The quantitative estimate of drug-likeness (QED) is 0.712. The predicted molar refractivity (Wildman–Crippen MR) is 113 cm³/mol. The van der Waals surface area contributed by atoms with Gasteiger partial charge in [-0.05, 0) is 29.8 Å². The minimum atomic E-state index is -0.186. The van der Waals surface area contributed by atoms with Gasteiger partial charge in [-0.25, -0.2) is 0 Å². The molecular weight excluding hydrogens is 376 g/mol. The fraction of sp³-hybridized carbons (Fsp3) is 0.292. The Labute approximate surface area is 175 Å². The molecule has 4 heterocycles. The average Bonchev–Trinajstić information content (AvgIpc) is 2.77. The summed E-state index contributed by atoms with van der Waals surface area (Å²) in [5, 5.41) is 10.2. The van der Waals surface area contributed by atoms with Crippen LogP contribution in [0.2, 0.25) is 0 Å². The lowest BCUT2D eigenvalue weighted by Crippen LogP contribution is -2.84. The molecule has 2 fully saturated rings. The third-order valence-electron chi connectivity index (χ3n) is 6.48. The van der Waals surface area contributed by atoms with Crippen molar-refractivity contribution in [1.29, 1.82) is 0 Å². The first-order valence-electron chi connectivity index (χ1n) is 10.2. The molecule has 0 saturated carbocycles. The van der Waals surface area contributed by atoms with Gasteiger partial charge in [-0.15, -0.1) is 0 Å². The SMILES string of the molecule is O=C(c1ccncc1)N1CC2(C1)[C@H](c1ccccc1)[C@H](CO)N2Cc1ccccn1. The van der Waals surface area contributed by atoms with Crippen molar-refractivity contribution in [3.63, 3.8) is 0 Å². The number of pyridine rings is 2. The Morgan fingerprint density at radius 1 is 1.00 bits per heavy atom. The average molecular weight is 400 g/mol. The highest BCUT2D eigenvalue weighted by Crippen LogP contribution is 2.54. The maximum atomic E-state index is 12.9. The summed E-state index contributed by atoms with van der Waals surface area (Å²) in [6, 6.07) is 19.8. The van der Waals surface area contributed by atoms with E-state index >= 15 is 0 Å². The number of amides is 1. The molecule has 6 heteroatoms. The number of aromatic nitrogens is 2. The van der Waals surface area contributed by atoms with E-state index in [2.05, 4.69) is 27.0 Å². The van der Waals surface area contributed by atoms with Gasteiger partial charge < -0.3 is 10.0 Å². The summed E-state index contributed by atoms with van der Waals surface area (Å²) >= 11 is 0. The van der Waals surface area contributed by atoms with Crippen molar-refractivity contribution in [2.24, 2.45) is 0 Å². The Kier molecular flexibility index (Phi) is 4.81. The highest BCUT2D eigenvalue weighted by Gasteiger charge is 2.66. The highest BCUT2D eigenvalue weighted by atomic mass is 16.3. The second-order valence-corrected chi connectivity index (χ2v) is 8.09. The van der Waals surface area contributed by atoms with Crippen LogP contribution in [0.15, 0.2) is 79.3 Å². The van der Waals surface area contributed by atoms with Crippen LogP contribution in [0.3, 0.4) is 0 Å². The van der Waals surface area contributed by atoms with Crippen molar-refractivity contribution < 1.29 is 9.90 Å². The molecule has 2 aliphatic heterocycles. The van der Waals surface area contributed by atoms with Crippen molar-refractivity contribution in [2.75, 3.05) is 19.7 Å². The first-order valence-corrected chi connectivity index (χ1v) is 10.2. The van der Waals surface area contributed by atoms with Crippen molar-refractivity contribution in [2.45, 2.75) is 24.0 Å². The van der Waals surface area contributed by atoms with Crippen LogP contribution in [0, 0.1) is 0 Å². The van der Waals surface area contributed by atoms with E-state index in [4.69, 9.17) is 0 Å². The number of aliphatic hydroxyl groups is 1. The van der Waals surface area contributed by atoms with Crippen molar-refractivity contribution in [3.8, 4) is 0 Å². The molecule has 2 aliphatic rings. The Morgan fingerprint density at radius 3 is 2.40 bits per heavy atom. The van der Waals surface area contributed by atoms with Crippen LogP contribution in [-0.4, -0.2) is 62.1 Å². The third kappa shape index (κ3) is 3.00. The van der Waals surface area contributed by atoms with Crippen molar-refractivity contribution in [3.05, 3.63) is 96.1 Å². The molecule has 0 aliphatic carbocycles. The molecule has 3 aromatic rings. The molecule has 0 radical (unpaired) electrons. The van der Waals surface area contributed by atoms with E-state index in [1.807, 2.05) is 41.3 Å². The molecule has 1 N–H and O–H groups in total. The molecule has 1 spiro atoms. The summed E-state index contributed by atoms with van der Waals surface area (Å²) < 4.78 is 0. The van der Waals surface area contributed by atoms with E-state index < -0.39 is 0 Å². The molecule has 1 aromatic carbocycles. The molecule has 0 unspecified atom stereocenters. The van der Waals surface area contributed by atoms with Gasteiger partial charge >= 0.3 is 0 Å². The largest absolute Gasteiger partial charge is 0.395 e. The molecule has 30 heavy (non-hydrogen) atoms. The molecule has 6 nitrogen and oxygen atoms in total. The minimum Gasteiger partial charge on any atom is -0.395 e. The maximum absolute atomic E-state index is 12.9. The smallest absolute Gasteiger partial charge is 0.254 e. The van der Waals surface area contributed by atoms with Gasteiger partial charge in [0.2, 0.25) is 0 Å². The Morgan fingerprint density at radius 2 is 1.73 bits per heavy atom. The van der Waals surface area contributed by atoms with Crippen LogP contribution in [0.25, 0.3) is 0 Å². The summed E-state index contributed by atoms with van der Waals surface area (Å²) in [5.74, 6) is 0.203. The molecule has 2 aromatic heterocycles. The zero-order chi connectivity index (χ0) is 20.6. The number of hydrogen-bond acceptors (Lipinski definition) is 5. The molecular formula is C24H24N4O2. The zero-order valence-electron chi connectivity index (χ0n) is 16.6. The topological polar surface area (TPSA) is 69.6 Å². The molecule has 152 valence electrons. The van der Waals surface area contributed by atoms with E-state index in [0.717, 1.165) is 5.69 Å². The lowest BCUT2D eigenvalue weighted by Gasteiger charge is -2.70. The molecule has 1 amide bonds. The van der Waals surface area contributed by atoms with Crippen molar-refractivity contribution >= 4 is 5.91 Å².